The number of nitrogens with zero attached hydrogens (tertiary/aromatic N) is 4. The number of fused-ring (bicyclic) bond motifs is 1. The van der Waals surface area contributed by atoms with Crippen LogP contribution in [-0.4, -0.2) is 32.9 Å². The van der Waals surface area contributed by atoms with Gasteiger partial charge in [0.1, 0.15) is 0 Å². The van der Waals surface area contributed by atoms with E-state index < -0.39 is 0 Å². The van der Waals surface area contributed by atoms with Crippen molar-refractivity contribution in [3.63, 3.8) is 0 Å². The van der Waals surface area contributed by atoms with E-state index in [1.807, 2.05) is 4.68 Å². The third-order valence-corrected chi connectivity index (χ3v) is 5.74. The van der Waals surface area contributed by atoms with Gasteiger partial charge in [-0.2, -0.15) is 0 Å². The van der Waals surface area contributed by atoms with Gasteiger partial charge < -0.3 is 4.74 Å². The molecule has 0 N–H and O–H groups in total. The molecule has 22 heavy (non-hydrogen) atoms. The van der Waals surface area contributed by atoms with Crippen LogP contribution in [0.2, 0.25) is 0 Å². The Morgan fingerprint density at radius 2 is 2.18 bits per heavy atom. The number of hydrogen-bond acceptors (Lipinski definition) is 5. The Kier molecular flexibility index (Phi) is 4.12. The van der Waals surface area contributed by atoms with Crippen LogP contribution in [0, 0.1) is 0 Å². The Balaban J connectivity index is 1.51. The van der Waals surface area contributed by atoms with E-state index in [1.165, 1.54) is 30.4 Å². The SMILES string of the molecule is c1ccc2c(c1)CCCC2Sc1nnnn1CC1CCCO1. The predicted molar refractivity (Wildman–Crippen MR) is 84.8 cm³/mol. The zero-order valence-electron chi connectivity index (χ0n) is 12.5. The number of rotatable bonds is 4. The van der Waals surface area contributed by atoms with E-state index in [0.29, 0.717) is 5.25 Å². The predicted octanol–water partition coefficient (Wildman–Crippen LogP) is 3.02. The maximum Gasteiger partial charge on any atom is 0.209 e. The second-order valence-electron chi connectivity index (χ2n) is 5.98. The van der Waals surface area contributed by atoms with E-state index >= 15 is 0 Å². The molecule has 116 valence electrons. The fourth-order valence-corrected chi connectivity index (χ4v) is 4.55. The lowest BCUT2D eigenvalue weighted by Crippen LogP contribution is -2.17. The Morgan fingerprint density at radius 1 is 1.23 bits per heavy atom. The molecule has 5 nitrogen and oxygen atoms in total. The lowest BCUT2D eigenvalue weighted by atomic mass is 9.91. The van der Waals surface area contributed by atoms with Gasteiger partial charge in [0.05, 0.1) is 12.6 Å². The minimum absolute atomic E-state index is 0.265. The number of tetrazole rings is 1. The molecule has 1 aliphatic carbocycles. The van der Waals surface area contributed by atoms with Crippen LogP contribution in [0.1, 0.15) is 42.1 Å². The summed E-state index contributed by atoms with van der Waals surface area (Å²) in [6.45, 7) is 1.63. The first-order valence-electron chi connectivity index (χ1n) is 8.02. The summed E-state index contributed by atoms with van der Waals surface area (Å²) < 4.78 is 7.62. The molecule has 6 heteroatoms. The van der Waals surface area contributed by atoms with Gasteiger partial charge in [-0.3, -0.25) is 0 Å². The molecule has 4 rings (SSSR count). The van der Waals surface area contributed by atoms with Crippen LogP contribution in [0.5, 0.6) is 0 Å². The maximum absolute atomic E-state index is 5.70. The number of thioether (sulfide) groups is 1. The van der Waals surface area contributed by atoms with Crippen molar-refractivity contribution < 1.29 is 4.74 Å². The number of hydrogen-bond donors (Lipinski definition) is 0. The molecule has 2 aromatic rings. The Labute approximate surface area is 134 Å². The van der Waals surface area contributed by atoms with E-state index in [4.69, 9.17) is 4.74 Å². The Bertz CT molecular complexity index is 639. The van der Waals surface area contributed by atoms with Gasteiger partial charge in [0.15, 0.2) is 0 Å². The highest BCUT2D eigenvalue weighted by molar-refractivity contribution is 7.99. The summed E-state index contributed by atoms with van der Waals surface area (Å²) in [5, 5.41) is 13.6. The minimum Gasteiger partial charge on any atom is -0.376 e. The monoisotopic (exact) mass is 316 g/mol. The lowest BCUT2D eigenvalue weighted by molar-refractivity contribution is 0.0911. The summed E-state index contributed by atoms with van der Waals surface area (Å²) in [6, 6.07) is 8.76. The number of aromatic nitrogens is 4. The molecule has 0 bridgehead atoms. The summed E-state index contributed by atoms with van der Waals surface area (Å²) in [7, 11) is 0. The normalized spacial score (nSPS) is 24.4. The van der Waals surface area contributed by atoms with Crippen LogP contribution in [-0.2, 0) is 17.7 Å². The molecular formula is C16H20N4OS. The second-order valence-corrected chi connectivity index (χ2v) is 7.15. The fraction of sp³-hybridized carbons (Fsp3) is 0.562. The first-order chi connectivity index (χ1) is 10.9. The molecule has 0 saturated carbocycles. The van der Waals surface area contributed by atoms with Crippen LogP contribution in [0.15, 0.2) is 29.4 Å². The van der Waals surface area contributed by atoms with Gasteiger partial charge in [0.25, 0.3) is 0 Å². The molecule has 1 fully saturated rings. The zero-order valence-corrected chi connectivity index (χ0v) is 13.3. The van der Waals surface area contributed by atoms with E-state index in [9.17, 15) is 0 Å². The van der Waals surface area contributed by atoms with Gasteiger partial charge in [0.2, 0.25) is 5.16 Å². The van der Waals surface area contributed by atoms with Crippen molar-refractivity contribution in [3.05, 3.63) is 35.4 Å². The van der Waals surface area contributed by atoms with Crippen molar-refractivity contribution in [2.24, 2.45) is 0 Å². The van der Waals surface area contributed by atoms with E-state index in [2.05, 4.69) is 39.8 Å². The second kappa shape index (κ2) is 6.38. The van der Waals surface area contributed by atoms with E-state index in [-0.39, 0.29) is 6.10 Å². The van der Waals surface area contributed by atoms with Crippen molar-refractivity contribution in [1.82, 2.24) is 20.2 Å². The lowest BCUT2D eigenvalue weighted by Gasteiger charge is -2.24. The van der Waals surface area contributed by atoms with Crippen molar-refractivity contribution in [3.8, 4) is 0 Å². The smallest absolute Gasteiger partial charge is 0.209 e. The average molecular weight is 316 g/mol. The molecule has 1 saturated heterocycles. The average Bonchev–Trinajstić information content (AvgIpc) is 3.21. The third kappa shape index (κ3) is 2.90. The van der Waals surface area contributed by atoms with Crippen LogP contribution in [0.3, 0.4) is 0 Å². The quantitative estimate of drug-likeness (QED) is 0.868. The number of benzene rings is 1. The van der Waals surface area contributed by atoms with Gasteiger partial charge in [0, 0.05) is 11.9 Å². The van der Waals surface area contributed by atoms with E-state index in [1.54, 1.807) is 11.8 Å². The molecule has 0 spiro atoms. The molecule has 2 unspecified atom stereocenters. The van der Waals surface area contributed by atoms with Crippen molar-refractivity contribution in [2.75, 3.05) is 6.61 Å². The van der Waals surface area contributed by atoms with Crippen LogP contribution < -0.4 is 0 Å². The third-order valence-electron chi connectivity index (χ3n) is 4.46. The summed E-state index contributed by atoms with van der Waals surface area (Å²) >= 11 is 1.80. The number of ether oxygens (including phenoxy) is 1. The Morgan fingerprint density at radius 3 is 3.09 bits per heavy atom. The zero-order chi connectivity index (χ0) is 14.8. The van der Waals surface area contributed by atoms with E-state index in [0.717, 1.165) is 31.1 Å². The fourth-order valence-electron chi connectivity index (χ4n) is 3.34. The topological polar surface area (TPSA) is 52.8 Å². The molecule has 2 heterocycles. The van der Waals surface area contributed by atoms with Crippen LogP contribution >= 0.6 is 11.8 Å². The van der Waals surface area contributed by atoms with Gasteiger partial charge in [-0.05, 0) is 53.7 Å². The van der Waals surface area contributed by atoms with Crippen LogP contribution in [0.4, 0.5) is 0 Å². The first kappa shape index (κ1) is 14.2. The molecule has 0 amide bonds. The van der Waals surface area contributed by atoms with Gasteiger partial charge in [-0.1, -0.05) is 36.0 Å². The molecule has 2 atom stereocenters. The van der Waals surface area contributed by atoms with Crippen molar-refractivity contribution in [1.29, 1.82) is 0 Å². The minimum atomic E-state index is 0.265. The molecular weight excluding hydrogens is 296 g/mol. The summed E-state index contributed by atoms with van der Waals surface area (Å²) in [4.78, 5) is 0. The Hall–Kier alpha value is -1.40. The molecule has 0 radical (unpaired) electrons. The van der Waals surface area contributed by atoms with Gasteiger partial charge in [-0.25, -0.2) is 4.68 Å². The molecule has 2 aliphatic rings. The van der Waals surface area contributed by atoms with Crippen molar-refractivity contribution >= 4 is 11.8 Å². The number of aryl methyl sites for hydroxylation is 1. The first-order valence-corrected chi connectivity index (χ1v) is 8.90. The summed E-state index contributed by atoms with van der Waals surface area (Å²) in [6.07, 6.45) is 6.13. The summed E-state index contributed by atoms with van der Waals surface area (Å²) in [5.41, 5.74) is 2.93. The van der Waals surface area contributed by atoms with Gasteiger partial charge in [-0.15, -0.1) is 5.10 Å². The van der Waals surface area contributed by atoms with Gasteiger partial charge >= 0.3 is 0 Å². The molecule has 1 aliphatic heterocycles. The van der Waals surface area contributed by atoms with Crippen molar-refractivity contribution in [2.45, 2.75) is 55.2 Å². The highest BCUT2D eigenvalue weighted by Gasteiger charge is 2.24. The maximum atomic E-state index is 5.70. The highest BCUT2D eigenvalue weighted by Crippen LogP contribution is 2.42. The standard InChI is InChI=1S/C16H20N4OS/c1-2-8-14-12(5-1)6-3-9-15(14)22-16-17-18-19-20(16)11-13-7-4-10-21-13/h1-2,5,8,13,15H,3-4,6-7,9-11H2. The van der Waals surface area contributed by atoms with Crippen LogP contribution in [0.25, 0.3) is 0 Å². The molecule has 1 aromatic carbocycles. The molecule has 1 aromatic heterocycles. The summed E-state index contributed by atoms with van der Waals surface area (Å²) in [5.74, 6) is 0. The highest BCUT2D eigenvalue weighted by atomic mass is 32.2. The largest absolute Gasteiger partial charge is 0.376 e.